The first kappa shape index (κ1) is 20.7. The first-order valence-corrected chi connectivity index (χ1v) is 11.2. The minimum Gasteiger partial charge on any atom is -0.352 e. The molecule has 0 radical (unpaired) electrons. The van der Waals surface area contributed by atoms with Gasteiger partial charge in [0.1, 0.15) is 0 Å². The lowest BCUT2D eigenvalue weighted by atomic mass is 9.97. The molecular formula is C22H28Cl2N4O. The van der Waals surface area contributed by atoms with Crippen molar-refractivity contribution < 1.29 is 4.79 Å². The minimum atomic E-state index is -0.0371. The molecule has 2 aromatic rings. The van der Waals surface area contributed by atoms with E-state index < -0.39 is 0 Å². The molecule has 5 nitrogen and oxygen atoms in total. The van der Waals surface area contributed by atoms with Crippen LogP contribution in [0.4, 0.5) is 0 Å². The van der Waals surface area contributed by atoms with Crippen LogP contribution in [0.15, 0.2) is 24.4 Å². The number of amides is 1. The van der Waals surface area contributed by atoms with Gasteiger partial charge in [-0.15, -0.1) is 0 Å². The number of benzene rings is 1. The van der Waals surface area contributed by atoms with Crippen LogP contribution < -0.4 is 5.32 Å². The highest BCUT2D eigenvalue weighted by Gasteiger charge is 2.33. The van der Waals surface area contributed by atoms with Crippen molar-refractivity contribution in [2.24, 2.45) is 5.92 Å². The lowest BCUT2D eigenvalue weighted by Crippen LogP contribution is -2.43. The molecule has 1 aromatic carbocycles. The second-order valence-electron chi connectivity index (χ2n) is 8.53. The smallest absolute Gasteiger partial charge is 0.254 e. The highest BCUT2D eigenvalue weighted by Crippen LogP contribution is 2.43. The zero-order valence-electron chi connectivity index (χ0n) is 17.0. The Hall–Kier alpha value is -1.56. The number of carbonyl (C=O) groups excluding carboxylic acids is 1. The van der Waals surface area contributed by atoms with Gasteiger partial charge in [-0.1, -0.05) is 23.2 Å². The summed E-state index contributed by atoms with van der Waals surface area (Å²) in [7, 11) is 0. The second kappa shape index (κ2) is 8.66. The van der Waals surface area contributed by atoms with Gasteiger partial charge in [0.15, 0.2) is 0 Å². The van der Waals surface area contributed by atoms with E-state index in [1.807, 2.05) is 10.7 Å². The molecular weight excluding hydrogens is 407 g/mol. The molecule has 1 N–H and O–H groups in total. The zero-order chi connectivity index (χ0) is 20.5. The van der Waals surface area contributed by atoms with Gasteiger partial charge in [-0.2, -0.15) is 5.10 Å². The first-order valence-electron chi connectivity index (χ1n) is 10.5. The van der Waals surface area contributed by atoms with Crippen LogP contribution in [-0.4, -0.2) is 46.3 Å². The van der Waals surface area contributed by atoms with Crippen LogP contribution in [-0.2, 0) is 0 Å². The Balaban J connectivity index is 1.50. The second-order valence-corrected chi connectivity index (χ2v) is 9.38. The predicted octanol–water partition coefficient (Wildman–Crippen LogP) is 4.91. The highest BCUT2D eigenvalue weighted by atomic mass is 35.5. The van der Waals surface area contributed by atoms with Crippen LogP contribution >= 0.6 is 23.2 Å². The Bertz CT molecular complexity index is 891. The number of hydrogen-bond donors (Lipinski definition) is 1. The first-order chi connectivity index (χ1) is 13.9. The molecule has 1 aliphatic heterocycles. The highest BCUT2D eigenvalue weighted by molar-refractivity contribution is 6.35. The molecule has 1 aromatic heterocycles. The van der Waals surface area contributed by atoms with Crippen LogP contribution in [0.2, 0.25) is 10.0 Å². The number of halogens is 2. The Kier molecular flexibility index (Phi) is 6.19. The van der Waals surface area contributed by atoms with Crippen molar-refractivity contribution in [3.63, 3.8) is 0 Å². The number of rotatable bonds is 6. The van der Waals surface area contributed by atoms with E-state index in [0.717, 1.165) is 37.3 Å². The van der Waals surface area contributed by atoms with Gasteiger partial charge in [0.25, 0.3) is 5.91 Å². The molecule has 1 saturated carbocycles. The topological polar surface area (TPSA) is 50.2 Å². The maximum absolute atomic E-state index is 13.0. The molecule has 0 bridgehead atoms. The van der Waals surface area contributed by atoms with Gasteiger partial charge < -0.3 is 10.2 Å². The van der Waals surface area contributed by atoms with E-state index in [-0.39, 0.29) is 5.91 Å². The molecule has 2 aliphatic rings. The number of carbonyl (C=O) groups is 1. The van der Waals surface area contributed by atoms with E-state index in [1.54, 1.807) is 18.3 Å². The maximum Gasteiger partial charge on any atom is 0.254 e. The van der Waals surface area contributed by atoms with Crippen LogP contribution in [0.5, 0.6) is 0 Å². The number of piperidine rings is 1. The van der Waals surface area contributed by atoms with Gasteiger partial charge in [0.2, 0.25) is 0 Å². The molecule has 156 valence electrons. The monoisotopic (exact) mass is 434 g/mol. The SMILES string of the molecule is CC(C)N1CCC[C@H](CNC(=O)c2cnn(-c3ccc(Cl)cc3Cl)c2C2CC2)C1. The lowest BCUT2D eigenvalue weighted by Gasteiger charge is -2.35. The van der Waals surface area contributed by atoms with Crippen LogP contribution in [0.25, 0.3) is 5.69 Å². The molecule has 2 heterocycles. The largest absolute Gasteiger partial charge is 0.352 e. The summed E-state index contributed by atoms with van der Waals surface area (Å²) in [6.45, 7) is 7.38. The van der Waals surface area contributed by atoms with E-state index in [0.29, 0.717) is 40.0 Å². The number of likely N-dealkylation sites (tertiary alicyclic amines) is 1. The lowest BCUT2D eigenvalue weighted by molar-refractivity contribution is 0.0921. The normalized spacial score (nSPS) is 20.2. The molecule has 1 amide bonds. The van der Waals surface area contributed by atoms with Crippen molar-refractivity contribution >= 4 is 29.1 Å². The third kappa shape index (κ3) is 4.62. The summed E-state index contributed by atoms with van der Waals surface area (Å²) in [5.74, 6) is 0.821. The van der Waals surface area contributed by atoms with Crippen molar-refractivity contribution in [2.45, 2.75) is 51.5 Å². The molecule has 7 heteroatoms. The van der Waals surface area contributed by atoms with Crippen molar-refractivity contribution in [3.8, 4) is 5.69 Å². The van der Waals surface area contributed by atoms with E-state index in [1.165, 1.54) is 12.8 Å². The summed E-state index contributed by atoms with van der Waals surface area (Å²) >= 11 is 12.4. The Morgan fingerprint density at radius 2 is 2.07 bits per heavy atom. The van der Waals surface area contributed by atoms with Crippen molar-refractivity contribution in [2.75, 3.05) is 19.6 Å². The Morgan fingerprint density at radius 1 is 1.28 bits per heavy atom. The van der Waals surface area contributed by atoms with Crippen LogP contribution in [0.3, 0.4) is 0 Å². The summed E-state index contributed by atoms with van der Waals surface area (Å²) in [6.07, 6.45) is 6.18. The third-order valence-corrected chi connectivity index (χ3v) is 6.52. The maximum atomic E-state index is 13.0. The molecule has 1 aliphatic carbocycles. The Morgan fingerprint density at radius 3 is 2.76 bits per heavy atom. The zero-order valence-corrected chi connectivity index (χ0v) is 18.5. The van der Waals surface area contributed by atoms with Crippen molar-refractivity contribution in [1.29, 1.82) is 0 Å². The molecule has 0 spiro atoms. The van der Waals surface area contributed by atoms with Crippen LogP contribution in [0, 0.1) is 5.92 Å². The van der Waals surface area contributed by atoms with Gasteiger partial charge in [-0.05, 0) is 70.2 Å². The molecule has 4 rings (SSSR count). The average molecular weight is 435 g/mol. The summed E-state index contributed by atoms with van der Waals surface area (Å²) in [5, 5.41) is 8.79. The van der Waals surface area contributed by atoms with E-state index in [4.69, 9.17) is 23.2 Å². The molecule has 1 atom stereocenters. The third-order valence-electron chi connectivity index (χ3n) is 5.99. The van der Waals surface area contributed by atoms with Gasteiger partial charge in [0, 0.05) is 30.1 Å². The van der Waals surface area contributed by atoms with Crippen molar-refractivity contribution in [3.05, 3.63) is 45.7 Å². The number of hydrogen-bond acceptors (Lipinski definition) is 3. The molecule has 2 fully saturated rings. The quantitative estimate of drug-likeness (QED) is 0.702. The fraction of sp³-hybridized carbons (Fsp3) is 0.545. The molecule has 1 saturated heterocycles. The average Bonchev–Trinajstić information content (AvgIpc) is 3.45. The number of aromatic nitrogens is 2. The van der Waals surface area contributed by atoms with Crippen LogP contribution in [0.1, 0.15) is 61.5 Å². The predicted molar refractivity (Wildman–Crippen MR) is 117 cm³/mol. The summed E-state index contributed by atoms with van der Waals surface area (Å²) < 4.78 is 1.81. The van der Waals surface area contributed by atoms with E-state index >= 15 is 0 Å². The Labute approximate surface area is 182 Å². The van der Waals surface area contributed by atoms with Gasteiger partial charge in [-0.25, -0.2) is 4.68 Å². The van der Waals surface area contributed by atoms with Gasteiger partial charge >= 0.3 is 0 Å². The summed E-state index contributed by atoms with van der Waals surface area (Å²) in [5.41, 5.74) is 2.38. The minimum absolute atomic E-state index is 0.0371. The fourth-order valence-corrected chi connectivity index (χ4v) is 4.68. The van der Waals surface area contributed by atoms with Gasteiger partial charge in [-0.3, -0.25) is 4.79 Å². The van der Waals surface area contributed by atoms with E-state index in [2.05, 4.69) is 29.2 Å². The summed E-state index contributed by atoms with van der Waals surface area (Å²) in [4.78, 5) is 15.5. The van der Waals surface area contributed by atoms with E-state index in [9.17, 15) is 4.79 Å². The summed E-state index contributed by atoms with van der Waals surface area (Å²) in [6, 6.07) is 5.91. The number of nitrogens with one attached hydrogen (secondary N) is 1. The standard InChI is InChI=1S/C22H28Cl2N4O/c1-14(2)27-9-3-4-15(13-27)11-25-22(29)18-12-26-28(21(18)16-5-6-16)20-8-7-17(23)10-19(20)24/h7-8,10,12,14-16H,3-6,9,11,13H2,1-2H3,(H,25,29)/t15-/m1/s1. The fourth-order valence-electron chi connectivity index (χ4n) is 4.19. The molecule has 29 heavy (non-hydrogen) atoms. The van der Waals surface area contributed by atoms with Gasteiger partial charge in [0.05, 0.1) is 28.2 Å². The van der Waals surface area contributed by atoms with Crippen molar-refractivity contribution in [1.82, 2.24) is 20.0 Å². The molecule has 0 unspecified atom stereocenters. The number of nitrogens with zero attached hydrogens (tertiary/aromatic N) is 3.